The molecule has 5 N–H and O–H groups in total. The highest BCUT2D eigenvalue weighted by Gasteiger charge is 2.02. The van der Waals surface area contributed by atoms with Crippen LogP contribution in [0.25, 0.3) is 0 Å². The summed E-state index contributed by atoms with van der Waals surface area (Å²) in [7, 11) is 0. The molecule has 0 aliphatic rings. The van der Waals surface area contributed by atoms with Crippen LogP contribution in [-0.2, 0) is 0 Å². The first-order valence-electron chi connectivity index (χ1n) is 5.51. The normalized spacial score (nSPS) is 11.2. The number of hydrogen-bond acceptors (Lipinski definition) is 4. The van der Waals surface area contributed by atoms with Crippen molar-refractivity contribution >= 4 is 17.4 Å². The summed E-state index contributed by atoms with van der Waals surface area (Å²) in [5.74, 6) is 12.3. The molecule has 0 saturated heterocycles. The average molecular weight is 277 g/mol. The SMILES string of the molecule is N/N=C(\NN)c1ccc(Oc2ccc(Cl)cc2)cc1. The summed E-state index contributed by atoms with van der Waals surface area (Å²) < 4.78 is 5.65. The number of rotatable bonds is 3. The Bertz CT molecular complexity index is 566. The number of nitrogens with zero attached hydrogens (tertiary/aromatic N) is 1. The number of nitrogens with two attached hydrogens (primary N) is 2. The molecule has 0 aliphatic carbocycles. The lowest BCUT2D eigenvalue weighted by Crippen LogP contribution is -2.31. The van der Waals surface area contributed by atoms with Gasteiger partial charge in [-0.05, 0) is 48.5 Å². The first kappa shape index (κ1) is 13.2. The molecule has 2 rings (SSSR count). The molecule has 5 nitrogen and oxygen atoms in total. The van der Waals surface area contributed by atoms with E-state index in [1.165, 1.54) is 0 Å². The van der Waals surface area contributed by atoms with Gasteiger partial charge in [0.25, 0.3) is 0 Å². The standard InChI is InChI=1S/C13H13ClN4O/c14-10-3-7-12(8-4-10)19-11-5-1-9(2-6-11)13(17-15)18-16/h1-8H,15-16H2,(H,17,18). The van der Waals surface area contributed by atoms with Gasteiger partial charge in [-0.3, -0.25) is 0 Å². The van der Waals surface area contributed by atoms with E-state index < -0.39 is 0 Å². The van der Waals surface area contributed by atoms with E-state index in [1.54, 1.807) is 48.5 Å². The molecule has 6 heteroatoms. The fourth-order valence-electron chi connectivity index (χ4n) is 1.51. The fraction of sp³-hybridized carbons (Fsp3) is 0. The van der Waals surface area contributed by atoms with Gasteiger partial charge in [-0.2, -0.15) is 5.10 Å². The highest BCUT2D eigenvalue weighted by molar-refractivity contribution is 6.30. The molecule has 0 unspecified atom stereocenters. The Morgan fingerprint density at radius 1 is 1.00 bits per heavy atom. The smallest absolute Gasteiger partial charge is 0.166 e. The topological polar surface area (TPSA) is 85.7 Å². The summed E-state index contributed by atoms with van der Waals surface area (Å²) in [6, 6.07) is 14.3. The van der Waals surface area contributed by atoms with Crippen LogP contribution in [0.3, 0.4) is 0 Å². The van der Waals surface area contributed by atoms with Crippen LogP contribution in [0.2, 0.25) is 5.02 Å². The number of amidine groups is 1. The third kappa shape index (κ3) is 3.37. The summed E-state index contributed by atoms with van der Waals surface area (Å²) in [4.78, 5) is 0. The van der Waals surface area contributed by atoms with Crippen molar-refractivity contribution in [3.63, 3.8) is 0 Å². The minimum Gasteiger partial charge on any atom is -0.457 e. The van der Waals surface area contributed by atoms with Crippen molar-refractivity contribution < 1.29 is 4.74 Å². The van der Waals surface area contributed by atoms with E-state index in [0.29, 0.717) is 22.4 Å². The van der Waals surface area contributed by atoms with Gasteiger partial charge in [0.1, 0.15) is 11.5 Å². The molecule has 0 aliphatic heterocycles. The zero-order valence-electron chi connectivity index (χ0n) is 10.0. The van der Waals surface area contributed by atoms with E-state index in [1.807, 2.05) is 0 Å². The number of ether oxygens (including phenoxy) is 1. The first-order chi connectivity index (χ1) is 9.22. The lowest BCUT2D eigenvalue weighted by molar-refractivity contribution is 0.482. The van der Waals surface area contributed by atoms with E-state index in [0.717, 1.165) is 5.56 Å². The second-order valence-electron chi connectivity index (χ2n) is 3.70. The van der Waals surface area contributed by atoms with E-state index in [-0.39, 0.29) is 0 Å². The minimum atomic E-state index is 0.401. The minimum absolute atomic E-state index is 0.401. The molecule has 0 heterocycles. The molecule has 0 saturated carbocycles. The number of hydrogen-bond donors (Lipinski definition) is 3. The molecule has 0 atom stereocenters. The van der Waals surface area contributed by atoms with Gasteiger partial charge in [0.15, 0.2) is 5.84 Å². The molecule has 2 aromatic rings. The lowest BCUT2D eigenvalue weighted by atomic mass is 10.2. The van der Waals surface area contributed by atoms with E-state index in [4.69, 9.17) is 28.0 Å². The van der Waals surface area contributed by atoms with Gasteiger partial charge in [0.05, 0.1) is 0 Å². The predicted molar refractivity (Wildman–Crippen MR) is 76.0 cm³/mol. The molecule has 98 valence electrons. The molecular weight excluding hydrogens is 264 g/mol. The van der Waals surface area contributed by atoms with Gasteiger partial charge in [0.2, 0.25) is 0 Å². The van der Waals surface area contributed by atoms with Gasteiger partial charge in [-0.15, -0.1) is 0 Å². The Hall–Kier alpha value is -2.24. The van der Waals surface area contributed by atoms with Crippen molar-refractivity contribution in [2.24, 2.45) is 16.8 Å². The molecule has 0 amide bonds. The second kappa shape index (κ2) is 6.08. The van der Waals surface area contributed by atoms with Crippen LogP contribution < -0.4 is 21.8 Å². The molecule has 0 fully saturated rings. The average Bonchev–Trinajstić information content (AvgIpc) is 2.44. The van der Waals surface area contributed by atoms with Crippen LogP contribution in [0, 0.1) is 0 Å². The molecule has 0 radical (unpaired) electrons. The molecule has 0 bridgehead atoms. The lowest BCUT2D eigenvalue weighted by Gasteiger charge is -2.07. The van der Waals surface area contributed by atoms with Gasteiger partial charge in [-0.1, -0.05) is 11.6 Å². The Balaban J connectivity index is 2.12. The predicted octanol–water partition coefficient (Wildman–Crippen LogP) is 2.22. The third-order valence-electron chi connectivity index (χ3n) is 2.44. The summed E-state index contributed by atoms with van der Waals surface area (Å²) in [5.41, 5.74) is 3.18. The summed E-state index contributed by atoms with van der Waals surface area (Å²) in [6.45, 7) is 0. The molecule has 0 aromatic heterocycles. The van der Waals surface area contributed by atoms with Gasteiger partial charge in [0, 0.05) is 10.6 Å². The van der Waals surface area contributed by atoms with Crippen LogP contribution in [0.15, 0.2) is 53.6 Å². The number of benzene rings is 2. The summed E-state index contributed by atoms with van der Waals surface area (Å²) in [5, 5.41) is 4.19. The fourth-order valence-corrected chi connectivity index (χ4v) is 1.64. The van der Waals surface area contributed by atoms with Gasteiger partial charge >= 0.3 is 0 Å². The number of halogens is 1. The second-order valence-corrected chi connectivity index (χ2v) is 4.14. The maximum Gasteiger partial charge on any atom is 0.166 e. The van der Waals surface area contributed by atoms with Crippen LogP contribution >= 0.6 is 11.6 Å². The Morgan fingerprint density at radius 3 is 2.00 bits per heavy atom. The Morgan fingerprint density at radius 2 is 1.53 bits per heavy atom. The Labute approximate surface area is 115 Å². The molecule has 19 heavy (non-hydrogen) atoms. The van der Waals surface area contributed by atoms with Crippen molar-refractivity contribution in [2.45, 2.75) is 0 Å². The molecular formula is C13H13ClN4O. The highest BCUT2D eigenvalue weighted by atomic mass is 35.5. The van der Waals surface area contributed by atoms with Crippen LogP contribution in [0.5, 0.6) is 11.5 Å². The number of hydrazine groups is 1. The maximum atomic E-state index is 5.80. The first-order valence-corrected chi connectivity index (χ1v) is 5.89. The number of nitrogens with one attached hydrogen (secondary N) is 1. The van der Waals surface area contributed by atoms with Crippen molar-refractivity contribution in [2.75, 3.05) is 0 Å². The van der Waals surface area contributed by atoms with E-state index >= 15 is 0 Å². The molecule has 2 aromatic carbocycles. The maximum absolute atomic E-state index is 5.80. The van der Waals surface area contributed by atoms with Crippen LogP contribution in [-0.4, -0.2) is 5.84 Å². The monoisotopic (exact) mass is 276 g/mol. The van der Waals surface area contributed by atoms with Crippen molar-refractivity contribution in [3.05, 3.63) is 59.1 Å². The van der Waals surface area contributed by atoms with Crippen molar-refractivity contribution in [3.8, 4) is 11.5 Å². The Kier molecular flexibility index (Phi) is 4.22. The van der Waals surface area contributed by atoms with E-state index in [9.17, 15) is 0 Å². The summed E-state index contributed by atoms with van der Waals surface area (Å²) in [6.07, 6.45) is 0. The summed E-state index contributed by atoms with van der Waals surface area (Å²) >= 11 is 5.80. The zero-order chi connectivity index (χ0) is 13.7. The van der Waals surface area contributed by atoms with Crippen LogP contribution in [0.1, 0.15) is 5.56 Å². The molecule has 0 spiro atoms. The highest BCUT2D eigenvalue weighted by Crippen LogP contribution is 2.23. The van der Waals surface area contributed by atoms with E-state index in [2.05, 4.69) is 10.5 Å². The zero-order valence-corrected chi connectivity index (χ0v) is 10.8. The number of hydrazone groups is 1. The largest absolute Gasteiger partial charge is 0.457 e. The third-order valence-corrected chi connectivity index (χ3v) is 2.69. The van der Waals surface area contributed by atoms with Crippen LogP contribution in [0.4, 0.5) is 0 Å². The quantitative estimate of drug-likeness (QED) is 0.347. The van der Waals surface area contributed by atoms with Gasteiger partial charge < -0.3 is 16.0 Å². The van der Waals surface area contributed by atoms with Gasteiger partial charge in [-0.25, -0.2) is 5.84 Å². The van der Waals surface area contributed by atoms with Crippen molar-refractivity contribution in [1.29, 1.82) is 0 Å². The van der Waals surface area contributed by atoms with Crippen molar-refractivity contribution in [1.82, 2.24) is 5.43 Å².